The summed E-state index contributed by atoms with van der Waals surface area (Å²) < 4.78 is 13.2. The summed E-state index contributed by atoms with van der Waals surface area (Å²) in [5.74, 6) is 0.519. The number of fused-ring (bicyclic) bond motifs is 1. The van der Waals surface area contributed by atoms with Gasteiger partial charge in [-0.3, -0.25) is 0 Å². The minimum atomic E-state index is -0.281. The van der Waals surface area contributed by atoms with Crippen LogP contribution in [0.3, 0.4) is 0 Å². The number of nitrogens with one attached hydrogen (secondary N) is 2. The van der Waals surface area contributed by atoms with Crippen molar-refractivity contribution in [1.29, 1.82) is 0 Å². The van der Waals surface area contributed by atoms with E-state index in [4.69, 9.17) is 0 Å². The van der Waals surface area contributed by atoms with Crippen LogP contribution in [0.15, 0.2) is 23.7 Å². The lowest BCUT2D eigenvalue weighted by Crippen LogP contribution is -2.38. The molecule has 0 saturated heterocycles. The van der Waals surface area contributed by atoms with Crippen LogP contribution in [0.25, 0.3) is 11.0 Å². The van der Waals surface area contributed by atoms with Crippen LogP contribution in [0.4, 0.5) is 9.18 Å². The Kier molecular flexibility index (Phi) is 5.82. The largest absolute Gasteiger partial charge is 0.342 e. The van der Waals surface area contributed by atoms with Crippen LogP contribution < -0.4 is 5.32 Å². The van der Waals surface area contributed by atoms with Crippen LogP contribution in [0.2, 0.25) is 0 Å². The van der Waals surface area contributed by atoms with Crippen molar-refractivity contribution >= 4 is 28.4 Å². The van der Waals surface area contributed by atoms with Crippen molar-refractivity contribution in [1.82, 2.24) is 25.2 Å². The van der Waals surface area contributed by atoms with Gasteiger partial charge in [-0.15, -0.1) is 11.3 Å². The van der Waals surface area contributed by atoms with Gasteiger partial charge in [0, 0.05) is 37.9 Å². The number of urea groups is 1. The highest BCUT2D eigenvalue weighted by Gasteiger charge is 2.10. The van der Waals surface area contributed by atoms with E-state index in [1.54, 1.807) is 29.4 Å². The molecule has 2 heterocycles. The number of benzene rings is 1. The van der Waals surface area contributed by atoms with E-state index in [2.05, 4.69) is 20.3 Å². The third kappa shape index (κ3) is 4.57. The molecule has 2 aromatic heterocycles. The number of nitrogens with zero attached hydrogens (tertiary/aromatic N) is 3. The molecule has 2 amide bonds. The van der Waals surface area contributed by atoms with Gasteiger partial charge >= 0.3 is 6.03 Å². The topological polar surface area (TPSA) is 73.9 Å². The summed E-state index contributed by atoms with van der Waals surface area (Å²) in [7, 11) is 1.79. The lowest BCUT2D eigenvalue weighted by Gasteiger charge is -2.17. The van der Waals surface area contributed by atoms with Gasteiger partial charge in [-0.2, -0.15) is 0 Å². The summed E-state index contributed by atoms with van der Waals surface area (Å²) in [4.78, 5) is 26.8. The predicted molar refractivity (Wildman–Crippen MR) is 101 cm³/mol. The van der Waals surface area contributed by atoms with Gasteiger partial charge < -0.3 is 15.2 Å². The minimum absolute atomic E-state index is 0.0844. The van der Waals surface area contributed by atoms with Crippen molar-refractivity contribution < 1.29 is 9.18 Å². The van der Waals surface area contributed by atoms with Crippen LogP contribution in [0.5, 0.6) is 0 Å². The molecule has 0 atom stereocenters. The first-order chi connectivity index (χ1) is 12.5. The monoisotopic (exact) mass is 375 g/mol. The number of likely N-dealkylation sites (N-methyl/N-ethyl adjacent to an activating group) is 1. The Bertz CT molecular complexity index is 891. The first-order valence-corrected chi connectivity index (χ1v) is 9.43. The van der Waals surface area contributed by atoms with Gasteiger partial charge in [-0.1, -0.05) is 0 Å². The third-order valence-electron chi connectivity index (χ3n) is 4.23. The van der Waals surface area contributed by atoms with Gasteiger partial charge in [0.15, 0.2) is 0 Å². The molecular weight excluding hydrogens is 353 g/mol. The molecule has 3 rings (SSSR count). The average molecular weight is 375 g/mol. The molecule has 6 nitrogen and oxygen atoms in total. The number of aromatic amines is 1. The maximum Gasteiger partial charge on any atom is 0.317 e. The number of carbonyl (C=O) groups excluding carboxylic acids is 1. The van der Waals surface area contributed by atoms with Gasteiger partial charge in [0.2, 0.25) is 0 Å². The van der Waals surface area contributed by atoms with Gasteiger partial charge in [0.1, 0.15) is 11.6 Å². The highest BCUT2D eigenvalue weighted by atomic mass is 32.1. The number of hydrogen-bond donors (Lipinski definition) is 2. The van der Waals surface area contributed by atoms with E-state index in [9.17, 15) is 9.18 Å². The van der Waals surface area contributed by atoms with Crippen molar-refractivity contribution in [3.63, 3.8) is 0 Å². The lowest BCUT2D eigenvalue weighted by molar-refractivity contribution is 0.209. The first-order valence-electron chi connectivity index (χ1n) is 8.55. The summed E-state index contributed by atoms with van der Waals surface area (Å²) in [5.41, 5.74) is 4.32. The van der Waals surface area contributed by atoms with E-state index in [-0.39, 0.29) is 11.8 Å². The molecule has 0 unspecified atom stereocenters. The van der Waals surface area contributed by atoms with Gasteiger partial charge in [0.25, 0.3) is 0 Å². The lowest BCUT2D eigenvalue weighted by atomic mass is 10.3. The molecule has 3 aromatic rings. The molecule has 0 aliphatic carbocycles. The van der Waals surface area contributed by atoms with Crippen molar-refractivity contribution in [3.05, 3.63) is 45.9 Å². The van der Waals surface area contributed by atoms with E-state index < -0.39 is 0 Å². The smallest absolute Gasteiger partial charge is 0.317 e. The van der Waals surface area contributed by atoms with Crippen LogP contribution >= 0.6 is 11.3 Å². The van der Waals surface area contributed by atoms with Crippen LogP contribution in [0, 0.1) is 12.7 Å². The number of aromatic nitrogens is 3. The minimum Gasteiger partial charge on any atom is -0.342 e. The molecular formula is C18H22FN5OS. The van der Waals surface area contributed by atoms with E-state index in [1.807, 2.05) is 12.4 Å². The maximum absolute atomic E-state index is 13.2. The molecule has 0 aliphatic rings. The average Bonchev–Trinajstić information content (AvgIpc) is 3.21. The van der Waals surface area contributed by atoms with E-state index in [0.717, 1.165) is 29.9 Å². The van der Waals surface area contributed by atoms with Crippen molar-refractivity contribution in [2.45, 2.75) is 26.2 Å². The molecule has 0 spiro atoms. The first kappa shape index (κ1) is 18.3. The number of aryl methyl sites for hydroxylation is 2. The Labute approximate surface area is 155 Å². The fourth-order valence-corrected chi connectivity index (χ4v) is 3.45. The zero-order valence-corrected chi connectivity index (χ0v) is 15.7. The number of hydrogen-bond acceptors (Lipinski definition) is 4. The zero-order valence-electron chi connectivity index (χ0n) is 14.9. The molecule has 0 aliphatic heterocycles. The van der Waals surface area contributed by atoms with Crippen LogP contribution in [-0.2, 0) is 12.8 Å². The normalized spacial score (nSPS) is 11.0. The summed E-state index contributed by atoms with van der Waals surface area (Å²) in [6.07, 6.45) is 2.27. The highest BCUT2D eigenvalue weighted by molar-refractivity contribution is 7.09. The molecule has 26 heavy (non-hydrogen) atoms. The maximum atomic E-state index is 13.2. The zero-order chi connectivity index (χ0) is 18.5. The highest BCUT2D eigenvalue weighted by Crippen LogP contribution is 2.14. The number of rotatable bonds is 7. The molecule has 0 fully saturated rings. The molecule has 0 radical (unpaired) electrons. The van der Waals surface area contributed by atoms with E-state index >= 15 is 0 Å². The number of H-pyrrole nitrogens is 1. The summed E-state index contributed by atoms with van der Waals surface area (Å²) in [6.45, 7) is 3.20. The third-order valence-corrected chi connectivity index (χ3v) is 5.22. The number of imidazole rings is 1. The molecule has 2 N–H and O–H groups in total. The van der Waals surface area contributed by atoms with Crippen molar-refractivity contribution in [2.75, 3.05) is 20.1 Å². The standard InChI is InChI=1S/C18H22FN5OS/c1-12-16(26-11-21-12)7-9-24(2)18(25)20-8-3-4-17-22-14-6-5-13(19)10-15(14)23-17/h5-6,10-11H,3-4,7-9H2,1-2H3,(H,20,25)(H,22,23). The van der Waals surface area contributed by atoms with Gasteiger partial charge in [-0.05, 0) is 31.5 Å². The van der Waals surface area contributed by atoms with E-state index in [1.165, 1.54) is 17.0 Å². The Morgan fingerprint density at radius 1 is 1.38 bits per heavy atom. The second-order valence-corrected chi connectivity index (χ2v) is 7.15. The van der Waals surface area contributed by atoms with E-state index in [0.29, 0.717) is 25.0 Å². The Balaban J connectivity index is 1.39. The van der Waals surface area contributed by atoms with Gasteiger partial charge in [0.05, 0.1) is 22.2 Å². The molecule has 0 saturated carbocycles. The van der Waals surface area contributed by atoms with Crippen LogP contribution in [0.1, 0.15) is 22.8 Å². The van der Waals surface area contributed by atoms with Crippen LogP contribution in [-0.4, -0.2) is 46.0 Å². The van der Waals surface area contributed by atoms with Crippen molar-refractivity contribution in [3.8, 4) is 0 Å². The number of carbonyl (C=O) groups is 1. The fourth-order valence-electron chi connectivity index (χ4n) is 2.68. The number of halogens is 1. The van der Waals surface area contributed by atoms with Gasteiger partial charge in [-0.25, -0.2) is 19.2 Å². The second kappa shape index (κ2) is 8.27. The number of thiazole rings is 1. The summed E-state index contributed by atoms with van der Waals surface area (Å²) in [5, 5.41) is 2.91. The Hall–Kier alpha value is -2.48. The SMILES string of the molecule is Cc1ncsc1CCN(C)C(=O)NCCCc1nc2ccc(F)cc2[nH]1. The summed E-state index contributed by atoms with van der Waals surface area (Å²) in [6, 6.07) is 4.41. The Morgan fingerprint density at radius 3 is 3.00 bits per heavy atom. The molecule has 1 aromatic carbocycles. The van der Waals surface area contributed by atoms with Crippen molar-refractivity contribution in [2.24, 2.45) is 0 Å². The second-order valence-electron chi connectivity index (χ2n) is 6.21. The predicted octanol–water partition coefficient (Wildman–Crippen LogP) is 3.28. The number of amides is 2. The molecule has 8 heteroatoms. The summed E-state index contributed by atoms with van der Waals surface area (Å²) >= 11 is 1.62. The quantitative estimate of drug-likeness (QED) is 0.623. The molecule has 0 bridgehead atoms. The Morgan fingerprint density at radius 2 is 2.23 bits per heavy atom. The molecule has 138 valence electrons. The fraction of sp³-hybridized carbons (Fsp3) is 0.389.